The van der Waals surface area contributed by atoms with Crippen molar-refractivity contribution in [3.63, 3.8) is 0 Å². The van der Waals surface area contributed by atoms with Crippen molar-refractivity contribution in [3.05, 3.63) is 44.6 Å². The van der Waals surface area contributed by atoms with Gasteiger partial charge >= 0.3 is 23.9 Å². The summed E-state index contributed by atoms with van der Waals surface area (Å²) in [5.74, 6) is -10.7. The Kier molecular flexibility index (Phi) is 31.4. The molecule has 0 aromatic carbocycles. The Balaban J connectivity index is 0.000000161. The van der Waals surface area contributed by atoms with Crippen molar-refractivity contribution >= 4 is 93.3 Å². The van der Waals surface area contributed by atoms with E-state index in [0.717, 1.165) is 0 Å². The summed E-state index contributed by atoms with van der Waals surface area (Å²) in [7, 11) is 0. The highest BCUT2D eigenvalue weighted by molar-refractivity contribution is 6.06. The van der Waals surface area contributed by atoms with Crippen molar-refractivity contribution < 1.29 is 138 Å². The maximum atomic E-state index is 13.9. The molecule has 16 aliphatic rings. The van der Waals surface area contributed by atoms with Crippen LogP contribution in [0.4, 0.5) is 0 Å². The molecule has 800 valence electrons. The number of rotatable bonds is 24. The number of fused-ring (bicyclic) bond motifs is 16. The Morgan fingerprint density at radius 2 is 0.535 bits per heavy atom. The molecule has 12 unspecified atom stereocenters. The van der Waals surface area contributed by atoms with E-state index in [4.69, 9.17) is 20.4 Å². The number of carbonyl (C=O) groups is 16. The summed E-state index contributed by atoms with van der Waals surface area (Å²) in [6.07, 6.45) is 2.85. The Morgan fingerprint density at radius 1 is 0.299 bits per heavy atom. The van der Waals surface area contributed by atoms with Crippen LogP contribution in [0.15, 0.2) is 44.6 Å². The fraction of sp³-hybridized carbons (Fsp3) is 0.793. The van der Waals surface area contributed by atoms with E-state index >= 15 is 0 Å². The van der Waals surface area contributed by atoms with Crippen molar-refractivity contribution in [2.75, 3.05) is 0 Å². The molecule has 16 rings (SSSR count). The highest BCUT2D eigenvalue weighted by Crippen LogP contribution is 2.73. The van der Waals surface area contributed by atoms with Crippen molar-refractivity contribution in [1.29, 1.82) is 0 Å². The molecule has 0 saturated heterocycles. The molecule has 8 saturated carbocycles. The average molecular weight is 2010 g/mol. The van der Waals surface area contributed by atoms with Gasteiger partial charge in [-0.1, -0.05) is 166 Å². The number of allylic oxidation sites excluding steroid dienone is 4. The van der Waals surface area contributed by atoms with Crippen LogP contribution < -0.4 is 0 Å². The molecule has 0 aliphatic heterocycles. The van der Waals surface area contributed by atoms with Gasteiger partial charge in [0.2, 0.25) is 0 Å². The zero-order valence-corrected chi connectivity index (χ0v) is 89.9. The molecule has 28 heteroatoms. The standard InChI is InChI=1S/C29H44O7.2C29H42O7.C29H40O7/c4*1-14(9-16(30)10-15(2)26(35)36)17-11-19(32)24-23-18(31)12-21-27(3,4)22(34)7-8-28(21,5)25(23)20(33)13-29(17,24)6/h14-15,17-19,21-22,24,31-32,34H,7-13H2,1-6H3,(H,35,36);14-15,17-18,21-22,24,31,34H,7-13H2,1-6H3,(H,35,36);14-15,17-19,21,24,31-32H,7-13H2,1-6H3,(H,35,36);14-15,17-18,21,24,31H,7-13H2,1-6H3,(H,35,36)/t14?,15?,17-,18+,19+,21?,22+,24+,28+,29-;14?,15?,17-,18+,21?,22+,24+,28+,29-;14?,15?,17-,18+,19+,21?,24+,28+,29-;14?,15?,17-,18+,21?,24+,28+,29-/m1111/s1. The van der Waals surface area contributed by atoms with Crippen molar-refractivity contribution in [2.24, 2.45) is 183 Å². The Bertz CT molecular complexity index is 5390. The molecule has 0 amide bonds. The van der Waals surface area contributed by atoms with Crippen LogP contribution in [0, 0.1) is 183 Å². The summed E-state index contributed by atoms with van der Waals surface area (Å²) >= 11 is 0. The third kappa shape index (κ3) is 18.9. The number of hydrogen-bond acceptors (Lipinski definition) is 24. The van der Waals surface area contributed by atoms with E-state index in [1.165, 1.54) is 27.7 Å². The number of carboxylic acids is 4. The maximum absolute atomic E-state index is 13.9. The van der Waals surface area contributed by atoms with Gasteiger partial charge in [0.15, 0.2) is 23.1 Å². The van der Waals surface area contributed by atoms with Gasteiger partial charge in [0.05, 0.1) is 72.5 Å². The first-order valence-electron chi connectivity index (χ1n) is 53.9. The zero-order valence-electron chi connectivity index (χ0n) is 89.9. The first-order chi connectivity index (χ1) is 66.2. The van der Waals surface area contributed by atoms with Gasteiger partial charge < -0.3 is 61.3 Å². The minimum absolute atomic E-state index is 0.00252. The van der Waals surface area contributed by atoms with Crippen LogP contribution in [0.5, 0.6) is 0 Å². The highest BCUT2D eigenvalue weighted by Gasteiger charge is 2.72. The molecule has 0 radical (unpaired) electrons. The molecule has 12 N–H and O–H groups in total. The third-order valence-electron chi connectivity index (χ3n) is 42.8. The quantitative estimate of drug-likeness (QED) is 0.0427. The van der Waals surface area contributed by atoms with E-state index in [0.29, 0.717) is 134 Å². The number of aliphatic carboxylic acids is 4. The monoisotopic (exact) mass is 2010 g/mol. The van der Waals surface area contributed by atoms with Gasteiger partial charge in [0, 0.05) is 170 Å². The van der Waals surface area contributed by atoms with Gasteiger partial charge in [0.1, 0.15) is 46.3 Å². The molecular formula is C116H168O28. The van der Waals surface area contributed by atoms with Gasteiger partial charge in [0.25, 0.3) is 0 Å². The molecule has 144 heavy (non-hydrogen) atoms. The summed E-state index contributed by atoms with van der Waals surface area (Å²) in [6, 6.07) is 0. The van der Waals surface area contributed by atoms with Crippen LogP contribution in [0.1, 0.15) is 346 Å². The molecule has 8 fully saturated rings. The number of aliphatic hydroxyl groups excluding tert-OH is 8. The fourth-order valence-electron chi connectivity index (χ4n) is 35.3. The van der Waals surface area contributed by atoms with Crippen molar-refractivity contribution in [2.45, 2.75) is 395 Å². The average Bonchev–Trinajstić information content (AvgIpc) is 1.30. The van der Waals surface area contributed by atoms with Crippen LogP contribution in [0.3, 0.4) is 0 Å². The van der Waals surface area contributed by atoms with Crippen molar-refractivity contribution in [3.8, 4) is 0 Å². The molecule has 28 nitrogen and oxygen atoms in total. The zero-order chi connectivity index (χ0) is 108. The predicted molar refractivity (Wildman–Crippen MR) is 531 cm³/mol. The number of Topliss-reactive ketones (excluding diaryl/α,β-unsaturated/α-hetero) is 12. The third-order valence-corrected chi connectivity index (χ3v) is 42.8. The Morgan fingerprint density at radius 3 is 0.806 bits per heavy atom. The van der Waals surface area contributed by atoms with Crippen LogP contribution in [-0.2, 0) is 76.7 Å². The SMILES string of the molecule is CC(CC(=O)CC(C)[C@H]1CC(=O)[C@H]2C3=C(C(=O)C[C@@]21C)[C@@]1(C)CCC(=O)C(C)(C)C1C[C@@H]3O)C(=O)O.CC(CC(=O)CC(C)[C@H]1CC(=O)[C@H]2C3=C(C(=O)C[C@@]21C)[C@@]1(C)CC[C@H](O)C(C)(C)C1C[C@@H]3O)C(=O)O.CC(CC(=O)CC(C)[C@H]1C[C@H](O)[C@H]2C3=C(C(=O)C[C@]12C)[C@@]1(C)CCC(=O)C(C)(C)C1C[C@@H]3O)C(=O)O.CC(CC(=O)CC(C)[C@H]1C[C@H](O)[C@H]2C3=C(C(=O)C[C@]12C)[C@@]1(C)CC[C@H](O)C(C)(C)C1C[C@@H]3O)C(=O)O. The topological polar surface area (TPSA) is 516 Å². The maximum Gasteiger partial charge on any atom is 0.306 e. The second-order valence-electron chi connectivity index (χ2n) is 53.5. The van der Waals surface area contributed by atoms with E-state index in [9.17, 15) is 118 Å². The summed E-state index contributed by atoms with van der Waals surface area (Å²) in [6.45, 7) is 45.8. The number of hydrogen-bond donors (Lipinski definition) is 12. The number of aliphatic hydroxyl groups is 8. The lowest BCUT2D eigenvalue weighted by Gasteiger charge is -2.60. The first-order valence-corrected chi connectivity index (χ1v) is 53.9. The lowest BCUT2D eigenvalue weighted by atomic mass is 9.45. The molecule has 0 aromatic heterocycles. The summed E-state index contributed by atoms with van der Waals surface area (Å²) in [5, 5.41) is 127. The van der Waals surface area contributed by atoms with E-state index in [-0.39, 0.29) is 242 Å². The minimum Gasteiger partial charge on any atom is -0.481 e. The molecule has 36 atom stereocenters. The van der Waals surface area contributed by atoms with Crippen LogP contribution in [-0.4, -0.2) is 203 Å². The largest absolute Gasteiger partial charge is 0.481 e. The van der Waals surface area contributed by atoms with Crippen LogP contribution >= 0.6 is 0 Å². The van der Waals surface area contributed by atoms with Gasteiger partial charge in [-0.2, -0.15) is 0 Å². The number of carboxylic acid groups (broad SMARTS) is 4. The van der Waals surface area contributed by atoms with E-state index in [1.807, 2.05) is 118 Å². The fourth-order valence-corrected chi connectivity index (χ4v) is 35.3. The van der Waals surface area contributed by atoms with Gasteiger partial charge in [-0.05, 0) is 214 Å². The first kappa shape index (κ1) is 114. The molecule has 0 heterocycles. The van der Waals surface area contributed by atoms with E-state index in [1.54, 1.807) is 0 Å². The minimum atomic E-state index is -1.01. The Labute approximate surface area is 849 Å². The van der Waals surface area contributed by atoms with Gasteiger partial charge in [-0.25, -0.2) is 0 Å². The normalized spacial score (nSPS) is 41.3. The van der Waals surface area contributed by atoms with E-state index in [2.05, 4.69) is 20.8 Å². The highest BCUT2D eigenvalue weighted by atomic mass is 16.4. The second-order valence-corrected chi connectivity index (χ2v) is 53.5. The molecule has 16 aliphatic carbocycles. The summed E-state index contributed by atoms with van der Waals surface area (Å²) < 4.78 is 0. The molecule has 0 spiro atoms. The summed E-state index contributed by atoms with van der Waals surface area (Å²) in [5.41, 5.74) is -1.68. The lowest BCUT2D eigenvalue weighted by Crippen LogP contribution is -2.58. The number of carbonyl (C=O) groups excluding carboxylic acids is 12. The number of ketones is 12. The second kappa shape index (κ2) is 39.7. The molecular weight excluding hydrogens is 1840 g/mol. The smallest absolute Gasteiger partial charge is 0.306 e. The summed E-state index contributed by atoms with van der Waals surface area (Å²) in [4.78, 5) is 204. The van der Waals surface area contributed by atoms with Crippen LogP contribution in [0.25, 0.3) is 0 Å². The van der Waals surface area contributed by atoms with Crippen molar-refractivity contribution in [1.82, 2.24) is 0 Å². The predicted octanol–water partition coefficient (Wildman–Crippen LogP) is 15.0. The van der Waals surface area contributed by atoms with Gasteiger partial charge in [-0.15, -0.1) is 0 Å². The molecule has 0 bridgehead atoms. The van der Waals surface area contributed by atoms with Gasteiger partial charge in [-0.3, -0.25) is 76.7 Å². The Hall–Kier alpha value is -7.44. The van der Waals surface area contributed by atoms with E-state index < -0.39 is 173 Å². The molecule has 0 aromatic rings. The van der Waals surface area contributed by atoms with Crippen LogP contribution in [0.2, 0.25) is 0 Å². The lowest BCUT2D eigenvalue weighted by molar-refractivity contribution is -0.144.